The van der Waals surface area contributed by atoms with Crippen molar-refractivity contribution >= 4 is 33.5 Å². The average Bonchev–Trinajstić information content (AvgIpc) is 2.77. The number of unbranched alkanes of at least 4 members (excludes halogenated alkanes) is 1. The first kappa shape index (κ1) is 20.6. The predicted octanol–water partition coefficient (Wildman–Crippen LogP) is 6.68. The van der Waals surface area contributed by atoms with Crippen molar-refractivity contribution in [2.75, 3.05) is 0 Å². The van der Waals surface area contributed by atoms with Crippen molar-refractivity contribution < 1.29 is 19.1 Å². The van der Waals surface area contributed by atoms with Crippen LogP contribution in [0.5, 0.6) is 11.5 Å². The molecule has 0 amide bonds. The van der Waals surface area contributed by atoms with Gasteiger partial charge in [0.15, 0.2) is 0 Å². The molecule has 4 heteroatoms. The van der Waals surface area contributed by atoms with Crippen molar-refractivity contribution in [2.45, 2.75) is 33.1 Å². The van der Waals surface area contributed by atoms with E-state index >= 15 is 0 Å². The van der Waals surface area contributed by atoms with Gasteiger partial charge in [0.25, 0.3) is 0 Å². The first-order valence-corrected chi connectivity index (χ1v) is 10.5. The molecule has 0 saturated carbocycles. The van der Waals surface area contributed by atoms with E-state index in [0.29, 0.717) is 17.9 Å². The summed E-state index contributed by atoms with van der Waals surface area (Å²) in [5.41, 5.74) is 1.49. The van der Waals surface area contributed by atoms with Gasteiger partial charge < -0.3 is 9.47 Å². The number of fused-ring (bicyclic) bond motifs is 2. The molecule has 156 valence electrons. The minimum absolute atomic E-state index is 0.271. The van der Waals surface area contributed by atoms with E-state index in [9.17, 15) is 9.59 Å². The molecule has 0 saturated heterocycles. The second kappa shape index (κ2) is 9.00. The predicted molar refractivity (Wildman–Crippen MR) is 123 cm³/mol. The van der Waals surface area contributed by atoms with Crippen molar-refractivity contribution in [3.8, 4) is 22.6 Å². The zero-order valence-electron chi connectivity index (χ0n) is 17.7. The first-order chi connectivity index (χ1) is 15.1. The highest BCUT2D eigenvalue weighted by atomic mass is 16.5. The van der Waals surface area contributed by atoms with Gasteiger partial charge in [-0.15, -0.1) is 0 Å². The minimum Gasteiger partial charge on any atom is -0.426 e. The molecule has 0 unspecified atom stereocenters. The van der Waals surface area contributed by atoms with Crippen LogP contribution in [0.1, 0.15) is 33.1 Å². The Morgan fingerprint density at radius 1 is 0.710 bits per heavy atom. The Morgan fingerprint density at radius 3 is 1.74 bits per heavy atom. The van der Waals surface area contributed by atoms with Crippen LogP contribution >= 0.6 is 0 Å². The second-order valence-electron chi connectivity index (χ2n) is 7.49. The average molecular weight is 412 g/mol. The number of ether oxygens (including phenoxy) is 2. The Hall–Kier alpha value is -3.66. The SMILES string of the molecule is CCCCC(=O)Oc1ccc2ccccc2c1-c1c(OC(C)=O)ccc2ccccc12. The van der Waals surface area contributed by atoms with Gasteiger partial charge in [-0.2, -0.15) is 0 Å². The fourth-order valence-corrected chi connectivity index (χ4v) is 3.84. The summed E-state index contributed by atoms with van der Waals surface area (Å²) in [6, 6.07) is 23.3. The van der Waals surface area contributed by atoms with Gasteiger partial charge in [-0.05, 0) is 40.1 Å². The fraction of sp³-hybridized carbons (Fsp3) is 0.185. The van der Waals surface area contributed by atoms with E-state index < -0.39 is 5.97 Å². The summed E-state index contributed by atoms with van der Waals surface area (Å²) < 4.78 is 11.4. The van der Waals surface area contributed by atoms with Crippen LogP contribution in [0.4, 0.5) is 0 Å². The third-order valence-electron chi connectivity index (χ3n) is 5.24. The van der Waals surface area contributed by atoms with Crippen LogP contribution in [-0.2, 0) is 9.59 Å². The lowest BCUT2D eigenvalue weighted by molar-refractivity contribution is -0.134. The fourth-order valence-electron chi connectivity index (χ4n) is 3.84. The molecule has 0 bridgehead atoms. The Bertz CT molecular complexity index is 1270. The minimum atomic E-state index is -0.404. The quantitative estimate of drug-likeness (QED) is 0.262. The van der Waals surface area contributed by atoms with Gasteiger partial charge in [0.2, 0.25) is 0 Å². The van der Waals surface area contributed by atoms with E-state index in [0.717, 1.165) is 45.5 Å². The molecule has 0 atom stereocenters. The normalized spacial score (nSPS) is 10.9. The largest absolute Gasteiger partial charge is 0.426 e. The Balaban J connectivity index is 2.02. The molecule has 4 aromatic rings. The number of hydrogen-bond acceptors (Lipinski definition) is 4. The molecule has 0 radical (unpaired) electrons. The number of carbonyl (C=O) groups excluding carboxylic acids is 2. The summed E-state index contributed by atoms with van der Waals surface area (Å²) in [4.78, 5) is 24.4. The van der Waals surface area contributed by atoms with E-state index in [-0.39, 0.29) is 5.97 Å². The molecule has 0 spiro atoms. The maximum Gasteiger partial charge on any atom is 0.311 e. The van der Waals surface area contributed by atoms with E-state index in [1.807, 2.05) is 73.7 Å². The summed E-state index contributed by atoms with van der Waals surface area (Å²) in [6.45, 7) is 3.42. The Labute approximate surface area is 181 Å². The topological polar surface area (TPSA) is 52.6 Å². The molecule has 0 aliphatic carbocycles. The van der Waals surface area contributed by atoms with E-state index in [4.69, 9.17) is 9.47 Å². The summed E-state index contributed by atoms with van der Waals surface area (Å²) in [7, 11) is 0. The second-order valence-corrected chi connectivity index (χ2v) is 7.49. The van der Waals surface area contributed by atoms with E-state index in [1.165, 1.54) is 6.92 Å². The number of carbonyl (C=O) groups is 2. The molecular formula is C27H24O4. The molecule has 0 aliphatic heterocycles. The van der Waals surface area contributed by atoms with Crippen LogP contribution in [0, 0.1) is 0 Å². The first-order valence-electron chi connectivity index (χ1n) is 10.5. The third kappa shape index (κ3) is 4.29. The smallest absolute Gasteiger partial charge is 0.311 e. The lowest BCUT2D eigenvalue weighted by atomic mass is 9.92. The van der Waals surface area contributed by atoms with Gasteiger partial charge in [0, 0.05) is 24.5 Å². The summed E-state index contributed by atoms with van der Waals surface area (Å²) in [5.74, 6) is 0.226. The van der Waals surface area contributed by atoms with E-state index in [2.05, 4.69) is 0 Å². The van der Waals surface area contributed by atoms with Crippen molar-refractivity contribution in [2.24, 2.45) is 0 Å². The molecule has 0 N–H and O–H groups in total. The lowest BCUT2D eigenvalue weighted by Crippen LogP contribution is -2.09. The maximum atomic E-state index is 12.5. The summed E-state index contributed by atoms with van der Waals surface area (Å²) >= 11 is 0. The van der Waals surface area contributed by atoms with Gasteiger partial charge in [-0.25, -0.2) is 0 Å². The van der Waals surface area contributed by atoms with Gasteiger partial charge in [0.1, 0.15) is 11.5 Å². The molecule has 0 heterocycles. The highest BCUT2D eigenvalue weighted by Crippen LogP contribution is 2.45. The zero-order valence-corrected chi connectivity index (χ0v) is 17.7. The number of rotatable bonds is 6. The molecule has 0 aliphatic rings. The summed E-state index contributed by atoms with van der Waals surface area (Å²) in [6.07, 6.45) is 2.05. The highest BCUT2D eigenvalue weighted by Gasteiger charge is 2.21. The maximum absolute atomic E-state index is 12.5. The van der Waals surface area contributed by atoms with Crippen molar-refractivity contribution in [1.29, 1.82) is 0 Å². The number of benzene rings is 4. The Morgan fingerprint density at radius 2 is 1.23 bits per heavy atom. The van der Waals surface area contributed by atoms with Crippen molar-refractivity contribution in [1.82, 2.24) is 0 Å². The molecular weight excluding hydrogens is 388 g/mol. The highest BCUT2D eigenvalue weighted by molar-refractivity contribution is 6.10. The van der Waals surface area contributed by atoms with Gasteiger partial charge >= 0.3 is 11.9 Å². The summed E-state index contributed by atoms with van der Waals surface area (Å²) in [5, 5.41) is 3.86. The lowest BCUT2D eigenvalue weighted by Gasteiger charge is -2.18. The molecule has 31 heavy (non-hydrogen) atoms. The van der Waals surface area contributed by atoms with Crippen LogP contribution in [0.2, 0.25) is 0 Å². The van der Waals surface area contributed by atoms with Crippen LogP contribution in [0.25, 0.3) is 32.7 Å². The van der Waals surface area contributed by atoms with Crippen LogP contribution < -0.4 is 9.47 Å². The number of hydrogen-bond donors (Lipinski definition) is 0. The molecule has 4 nitrogen and oxygen atoms in total. The third-order valence-corrected chi connectivity index (χ3v) is 5.24. The van der Waals surface area contributed by atoms with Gasteiger partial charge in [0.05, 0.1) is 0 Å². The van der Waals surface area contributed by atoms with Crippen molar-refractivity contribution in [3.05, 3.63) is 72.8 Å². The van der Waals surface area contributed by atoms with Gasteiger partial charge in [-0.1, -0.05) is 74.0 Å². The molecule has 0 fully saturated rings. The standard InChI is InChI=1S/C27H24O4/c1-3-4-13-25(29)31-24-17-15-20-10-6-8-12-22(20)27(24)26-21-11-7-5-9-19(21)14-16-23(26)30-18(2)28/h5-12,14-17H,3-4,13H2,1-2H3. The molecule has 4 aromatic carbocycles. The molecule has 4 rings (SSSR count). The Kier molecular flexibility index (Phi) is 5.99. The monoisotopic (exact) mass is 412 g/mol. The zero-order chi connectivity index (χ0) is 21.8. The molecule has 0 aromatic heterocycles. The van der Waals surface area contributed by atoms with Crippen molar-refractivity contribution in [3.63, 3.8) is 0 Å². The van der Waals surface area contributed by atoms with Crippen LogP contribution in [-0.4, -0.2) is 11.9 Å². The van der Waals surface area contributed by atoms with Crippen LogP contribution in [0.15, 0.2) is 72.8 Å². The van der Waals surface area contributed by atoms with Gasteiger partial charge in [-0.3, -0.25) is 9.59 Å². The van der Waals surface area contributed by atoms with E-state index in [1.54, 1.807) is 6.07 Å². The number of esters is 2. The van der Waals surface area contributed by atoms with Crippen LogP contribution in [0.3, 0.4) is 0 Å².